The lowest BCUT2D eigenvalue weighted by Gasteiger charge is -2.31. The van der Waals surface area contributed by atoms with Crippen LogP contribution in [0.4, 0.5) is 10.5 Å². The summed E-state index contributed by atoms with van der Waals surface area (Å²) in [7, 11) is 0. The first-order chi connectivity index (χ1) is 16.1. The third kappa shape index (κ3) is 6.52. The number of urea groups is 1. The number of rotatable bonds is 7. The van der Waals surface area contributed by atoms with Crippen LogP contribution >= 0.6 is 0 Å². The molecule has 1 aliphatic carbocycles. The molecule has 0 unspecified atom stereocenters. The molecule has 0 bridgehead atoms. The molecule has 4 rings (SSSR count). The van der Waals surface area contributed by atoms with Gasteiger partial charge in [-0.1, -0.05) is 19.3 Å². The van der Waals surface area contributed by atoms with Gasteiger partial charge in [-0.05, 0) is 44.2 Å². The Hall–Kier alpha value is -2.97. The highest BCUT2D eigenvalue weighted by molar-refractivity contribution is 5.93. The van der Waals surface area contributed by atoms with E-state index in [2.05, 4.69) is 16.0 Å². The molecule has 2 aliphatic heterocycles. The van der Waals surface area contributed by atoms with Gasteiger partial charge in [-0.2, -0.15) is 0 Å². The minimum Gasteiger partial charge on any atom is -0.454 e. The Labute approximate surface area is 194 Å². The molecule has 1 aromatic carbocycles. The predicted molar refractivity (Wildman–Crippen MR) is 123 cm³/mol. The number of likely N-dealkylation sites (tertiary alicyclic amines) is 1. The van der Waals surface area contributed by atoms with Gasteiger partial charge in [0.15, 0.2) is 11.5 Å². The molecule has 180 valence electrons. The molecule has 9 nitrogen and oxygen atoms in total. The molecule has 1 saturated heterocycles. The molecule has 4 amide bonds. The van der Waals surface area contributed by atoms with Crippen molar-refractivity contribution in [2.75, 3.05) is 31.7 Å². The van der Waals surface area contributed by atoms with Crippen molar-refractivity contribution in [3.05, 3.63) is 18.2 Å². The van der Waals surface area contributed by atoms with Crippen LogP contribution in [0.25, 0.3) is 0 Å². The molecule has 0 radical (unpaired) electrons. The van der Waals surface area contributed by atoms with Crippen LogP contribution in [-0.2, 0) is 9.59 Å². The lowest BCUT2D eigenvalue weighted by molar-refractivity contribution is -0.134. The molecule has 3 N–H and O–H groups in total. The summed E-state index contributed by atoms with van der Waals surface area (Å²) in [4.78, 5) is 38.9. The molecule has 0 spiro atoms. The minimum absolute atomic E-state index is 0.0332. The van der Waals surface area contributed by atoms with Crippen molar-refractivity contribution in [1.82, 2.24) is 15.5 Å². The molecule has 2 fully saturated rings. The summed E-state index contributed by atoms with van der Waals surface area (Å²) in [5, 5.41) is 8.82. The summed E-state index contributed by atoms with van der Waals surface area (Å²) in [5.41, 5.74) is 0.683. The van der Waals surface area contributed by atoms with Crippen molar-refractivity contribution >= 4 is 23.5 Å². The normalized spacial score (nSPS) is 18.6. The molecule has 2 heterocycles. The van der Waals surface area contributed by atoms with Crippen LogP contribution in [0.1, 0.15) is 57.8 Å². The summed E-state index contributed by atoms with van der Waals surface area (Å²) in [6.45, 7) is 1.84. The fourth-order valence-corrected chi connectivity index (χ4v) is 4.69. The van der Waals surface area contributed by atoms with Crippen molar-refractivity contribution in [3.8, 4) is 11.5 Å². The molecule has 1 saturated carbocycles. The Morgan fingerprint density at radius 3 is 2.52 bits per heavy atom. The minimum atomic E-state index is -0.136. The van der Waals surface area contributed by atoms with Crippen LogP contribution in [0.3, 0.4) is 0 Å². The highest BCUT2D eigenvalue weighted by Gasteiger charge is 2.27. The van der Waals surface area contributed by atoms with Gasteiger partial charge >= 0.3 is 6.03 Å². The van der Waals surface area contributed by atoms with Gasteiger partial charge in [-0.25, -0.2) is 4.79 Å². The summed E-state index contributed by atoms with van der Waals surface area (Å²) < 4.78 is 10.6. The second kappa shape index (κ2) is 11.2. The maximum Gasteiger partial charge on any atom is 0.315 e. The summed E-state index contributed by atoms with van der Waals surface area (Å²) in [5.74, 6) is 1.24. The Kier molecular flexibility index (Phi) is 7.91. The molecule has 33 heavy (non-hydrogen) atoms. The van der Waals surface area contributed by atoms with E-state index >= 15 is 0 Å². The number of amides is 4. The van der Waals surface area contributed by atoms with Gasteiger partial charge in [0.25, 0.3) is 0 Å². The number of anilines is 1. The lowest BCUT2D eigenvalue weighted by Crippen LogP contribution is -2.43. The number of piperidine rings is 1. The van der Waals surface area contributed by atoms with Crippen LogP contribution in [-0.4, -0.2) is 55.2 Å². The smallest absolute Gasteiger partial charge is 0.315 e. The molecular weight excluding hydrogens is 424 g/mol. The van der Waals surface area contributed by atoms with Crippen LogP contribution in [0.15, 0.2) is 18.2 Å². The first kappa shape index (κ1) is 23.2. The van der Waals surface area contributed by atoms with Crippen molar-refractivity contribution in [2.45, 2.75) is 63.8 Å². The highest BCUT2D eigenvalue weighted by Crippen LogP contribution is 2.34. The number of ether oxygens (including phenoxy) is 2. The zero-order chi connectivity index (χ0) is 23.0. The Balaban J connectivity index is 1.10. The highest BCUT2D eigenvalue weighted by atomic mass is 16.7. The fraction of sp³-hybridized carbons (Fsp3) is 0.625. The number of carbonyl (C=O) groups excluding carboxylic acids is 3. The third-order valence-corrected chi connectivity index (χ3v) is 6.65. The second-order valence-electron chi connectivity index (χ2n) is 9.05. The van der Waals surface area contributed by atoms with E-state index in [9.17, 15) is 14.4 Å². The van der Waals surface area contributed by atoms with Crippen molar-refractivity contribution in [3.63, 3.8) is 0 Å². The first-order valence-electron chi connectivity index (χ1n) is 12.1. The van der Waals surface area contributed by atoms with Crippen molar-refractivity contribution < 1.29 is 23.9 Å². The Morgan fingerprint density at radius 1 is 0.970 bits per heavy atom. The fourth-order valence-electron chi connectivity index (χ4n) is 4.69. The number of hydrogen-bond acceptors (Lipinski definition) is 5. The zero-order valence-corrected chi connectivity index (χ0v) is 19.1. The Morgan fingerprint density at radius 2 is 1.73 bits per heavy atom. The van der Waals surface area contributed by atoms with Crippen LogP contribution in [0.2, 0.25) is 0 Å². The van der Waals surface area contributed by atoms with Crippen LogP contribution in [0, 0.1) is 5.92 Å². The van der Waals surface area contributed by atoms with E-state index in [4.69, 9.17) is 9.47 Å². The van der Waals surface area contributed by atoms with Crippen LogP contribution < -0.4 is 25.4 Å². The first-order valence-corrected chi connectivity index (χ1v) is 12.1. The van der Waals surface area contributed by atoms with E-state index in [-0.39, 0.29) is 36.6 Å². The summed E-state index contributed by atoms with van der Waals surface area (Å²) in [6.07, 6.45) is 8.01. The molecule has 0 atom stereocenters. The number of hydrogen-bond donors (Lipinski definition) is 3. The van der Waals surface area contributed by atoms with Gasteiger partial charge in [-0.15, -0.1) is 0 Å². The van der Waals surface area contributed by atoms with Crippen molar-refractivity contribution in [1.29, 1.82) is 0 Å². The third-order valence-electron chi connectivity index (χ3n) is 6.65. The van der Waals surface area contributed by atoms with Gasteiger partial charge in [0.1, 0.15) is 0 Å². The average Bonchev–Trinajstić information content (AvgIpc) is 3.30. The monoisotopic (exact) mass is 458 g/mol. The average molecular weight is 459 g/mol. The number of nitrogens with zero attached hydrogens (tertiary/aromatic N) is 1. The quantitative estimate of drug-likeness (QED) is 0.544. The van der Waals surface area contributed by atoms with Gasteiger partial charge in [0, 0.05) is 49.8 Å². The summed E-state index contributed by atoms with van der Waals surface area (Å²) >= 11 is 0. The molecular formula is C24H34N4O5. The SMILES string of the molecule is O=C(NCCCC(=O)N1CCC(C(=O)Nc2ccc3c(c2)OCO3)CC1)NC1CCCCC1. The Bertz CT molecular complexity index is 847. The van der Waals surface area contributed by atoms with E-state index in [1.165, 1.54) is 19.3 Å². The largest absolute Gasteiger partial charge is 0.454 e. The number of benzene rings is 1. The van der Waals surface area contributed by atoms with E-state index in [0.29, 0.717) is 62.5 Å². The van der Waals surface area contributed by atoms with Gasteiger partial charge in [-0.3, -0.25) is 9.59 Å². The van der Waals surface area contributed by atoms with E-state index < -0.39 is 0 Å². The molecule has 9 heteroatoms. The standard InChI is InChI=1S/C24H34N4O5/c29-22(7-4-12-25-24(31)27-18-5-2-1-3-6-18)28-13-10-17(11-14-28)23(30)26-19-8-9-20-21(15-19)33-16-32-20/h8-9,15,17-18H,1-7,10-14,16H2,(H,26,30)(H2,25,27,31). The maximum absolute atomic E-state index is 12.6. The molecule has 0 aromatic heterocycles. The van der Waals surface area contributed by atoms with Gasteiger partial charge in [0.05, 0.1) is 0 Å². The van der Waals surface area contributed by atoms with Crippen molar-refractivity contribution in [2.24, 2.45) is 5.92 Å². The molecule has 1 aromatic rings. The zero-order valence-electron chi connectivity index (χ0n) is 19.1. The summed E-state index contributed by atoms with van der Waals surface area (Å²) in [6, 6.07) is 5.50. The number of fused-ring (bicyclic) bond motifs is 1. The molecule has 3 aliphatic rings. The van der Waals surface area contributed by atoms with E-state index in [1.807, 2.05) is 4.90 Å². The van der Waals surface area contributed by atoms with Gasteiger partial charge < -0.3 is 30.3 Å². The van der Waals surface area contributed by atoms with E-state index in [0.717, 1.165) is 12.8 Å². The predicted octanol–water partition coefficient (Wildman–Crippen LogP) is 3.00. The lowest BCUT2D eigenvalue weighted by atomic mass is 9.95. The topological polar surface area (TPSA) is 109 Å². The van der Waals surface area contributed by atoms with E-state index in [1.54, 1.807) is 18.2 Å². The second-order valence-corrected chi connectivity index (χ2v) is 9.05. The number of nitrogens with one attached hydrogen (secondary N) is 3. The van der Waals surface area contributed by atoms with Crippen LogP contribution in [0.5, 0.6) is 11.5 Å². The maximum atomic E-state index is 12.6. The number of carbonyl (C=O) groups is 3. The van der Waals surface area contributed by atoms with Gasteiger partial charge in [0.2, 0.25) is 18.6 Å².